The number of halogens is 1. The van der Waals surface area contributed by atoms with Crippen LogP contribution in [0.4, 0.5) is 4.39 Å². The highest BCUT2D eigenvalue weighted by atomic mass is 19.1. The smallest absolute Gasteiger partial charge is 0.343 e. The fourth-order valence-electron chi connectivity index (χ4n) is 3.66. The summed E-state index contributed by atoms with van der Waals surface area (Å²) in [6.07, 6.45) is 13.6. The van der Waals surface area contributed by atoms with Gasteiger partial charge in [0.05, 0.1) is 5.56 Å². The summed E-state index contributed by atoms with van der Waals surface area (Å²) in [5.74, 6) is -0.554. The Labute approximate surface area is 196 Å². The van der Waals surface area contributed by atoms with Crippen LogP contribution in [0, 0.1) is 5.82 Å². The van der Waals surface area contributed by atoms with Gasteiger partial charge in [0.25, 0.3) is 0 Å². The lowest BCUT2D eigenvalue weighted by Crippen LogP contribution is -2.09. The topological polar surface area (TPSA) is 52.1 Å². The second-order valence-corrected chi connectivity index (χ2v) is 8.41. The van der Waals surface area contributed by atoms with Crippen molar-refractivity contribution >= 4 is 5.97 Å². The van der Waals surface area contributed by atoms with Gasteiger partial charge in [-0.05, 0) is 61.1 Å². The van der Waals surface area contributed by atoms with Gasteiger partial charge in [0.2, 0.25) is 0 Å². The zero-order valence-electron chi connectivity index (χ0n) is 19.6. The van der Waals surface area contributed by atoms with Crippen molar-refractivity contribution < 1.29 is 13.9 Å². The molecule has 5 heteroatoms. The molecule has 0 saturated heterocycles. The standard InChI is InChI=1S/C28H33FN2O2/c1-3-5-7-9-10-21-12-17-26(25(29)18-21)33-28(32)24-15-13-23(14-16-24)27-30-19-22(20-31-27)11-8-6-4-2/h12-20H,3-11H2,1-2H3. The quantitative estimate of drug-likeness (QED) is 0.165. The highest BCUT2D eigenvalue weighted by Crippen LogP contribution is 2.22. The Bertz CT molecular complexity index is 1020. The molecule has 0 aliphatic carbocycles. The predicted octanol–water partition coefficient (Wildman–Crippen LogP) is 7.36. The second kappa shape index (κ2) is 12.8. The summed E-state index contributed by atoms with van der Waals surface area (Å²) in [5, 5.41) is 0. The largest absolute Gasteiger partial charge is 0.420 e. The lowest BCUT2D eigenvalue weighted by atomic mass is 10.1. The second-order valence-electron chi connectivity index (χ2n) is 8.41. The van der Waals surface area contributed by atoms with Crippen LogP contribution < -0.4 is 4.74 Å². The Morgan fingerprint density at radius 1 is 0.818 bits per heavy atom. The molecule has 2 aromatic carbocycles. The number of nitrogens with zero attached hydrogens (tertiary/aromatic N) is 2. The monoisotopic (exact) mass is 448 g/mol. The first-order valence-electron chi connectivity index (χ1n) is 12.0. The molecule has 3 rings (SSSR count). The molecule has 1 heterocycles. The van der Waals surface area contributed by atoms with Crippen molar-refractivity contribution in [2.24, 2.45) is 0 Å². The molecule has 0 fully saturated rings. The number of hydrogen-bond donors (Lipinski definition) is 0. The van der Waals surface area contributed by atoms with Gasteiger partial charge in [-0.1, -0.05) is 64.2 Å². The van der Waals surface area contributed by atoms with Gasteiger partial charge < -0.3 is 4.74 Å². The SMILES string of the molecule is CCCCCCc1ccc(OC(=O)c2ccc(-c3ncc(CCCCC)cn3)cc2)c(F)c1. The molecule has 0 saturated carbocycles. The first-order valence-corrected chi connectivity index (χ1v) is 12.0. The van der Waals surface area contributed by atoms with Crippen LogP contribution in [0.15, 0.2) is 54.9 Å². The lowest BCUT2D eigenvalue weighted by Gasteiger charge is -2.08. The van der Waals surface area contributed by atoms with E-state index in [-0.39, 0.29) is 5.75 Å². The van der Waals surface area contributed by atoms with Crippen molar-refractivity contribution in [3.8, 4) is 17.1 Å². The van der Waals surface area contributed by atoms with E-state index in [1.54, 1.807) is 24.3 Å². The molecule has 0 spiro atoms. The van der Waals surface area contributed by atoms with Crippen molar-refractivity contribution in [3.05, 3.63) is 77.4 Å². The molecule has 0 unspecified atom stereocenters. The van der Waals surface area contributed by atoms with Crippen LogP contribution >= 0.6 is 0 Å². The molecule has 0 aliphatic rings. The minimum absolute atomic E-state index is 0.0524. The third-order valence-corrected chi connectivity index (χ3v) is 5.67. The molecule has 4 nitrogen and oxygen atoms in total. The number of carbonyl (C=O) groups excluding carboxylic acids is 1. The summed E-state index contributed by atoms with van der Waals surface area (Å²) in [6.45, 7) is 4.35. The summed E-state index contributed by atoms with van der Waals surface area (Å²) in [6, 6.07) is 11.7. The number of ether oxygens (including phenoxy) is 1. The fourth-order valence-corrected chi connectivity index (χ4v) is 3.66. The van der Waals surface area contributed by atoms with Crippen LogP contribution in [0.2, 0.25) is 0 Å². The lowest BCUT2D eigenvalue weighted by molar-refractivity contribution is 0.0728. The van der Waals surface area contributed by atoms with E-state index < -0.39 is 11.8 Å². The number of rotatable bonds is 12. The Morgan fingerprint density at radius 3 is 2.12 bits per heavy atom. The van der Waals surface area contributed by atoms with Gasteiger partial charge in [-0.15, -0.1) is 0 Å². The molecule has 0 radical (unpaired) electrons. The fraction of sp³-hybridized carbons (Fsp3) is 0.393. The minimum Gasteiger partial charge on any atom is -0.420 e. The predicted molar refractivity (Wildman–Crippen MR) is 130 cm³/mol. The summed E-state index contributed by atoms with van der Waals surface area (Å²) >= 11 is 0. The van der Waals surface area contributed by atoms with Crippen LogP contribution in [0.5, 0.6) is 5.75 Å². The van der Waals surface area contributed by atoms with E-state index in [4.69, 9.17) is 4.74 Å². The first kappa shape index (κ1) is 24.6. The molecule has 0 atom stereocenters. The number of unbranched alkanes of at least 4 members (excludes halogenated alkanes) is 5. The minimum atomic E-state index is -0.594. The van der Waals surface area contributed by atoms with E-state index in [1.165, 1.54) is 37.8 Å². The van der Waals surface area contributed by atoms with Crippen LogP contribution in [-0.2, 0) is 12.8 Å². The molecular weight excluding hydrogens is 415 g/mol. The summed E-state index contributed by atoms with van der Waals surface area (Å²) in [4.78, 5) is 21.4. The average Bonchev–Trinajstić information content (AvgIpc) is 2.84. The van der Waals surface area contributed by atoms with E-state index >= 15 is 0 Å². The summed E-state index contributed by atoms with van der Waals surface area (Å²) < 4.78 is 19.7. The Balaban J connectivity index is 1.58. The van der Waals surface area contributed by atoms with Gasteiger partial charge in [0, 0.05) is 18.0 Å². The molecule has 33 heavy (non-hydrogen) atoms. The molecule has 0 N–H and O–H groups in total. The van der Waals surface area contributed by atoms with Crippen molar-refractivity contribution in [3.63, 3.8) is 0 Å². The zero-order valence-corrected chi connectivity index (χ0v) is 19.6. The van der Waals surface area contributed by atoms with Crippen molar-refractivity contribution in [2.75, 3.05) is 0 Å². The maximum absolute atomic E-state index is 14.4. The molecule has 0 amide bonds. The van der Waals surface area contributed by atoms with Crippen LogP contribution in [0.3, 0.4) is 0 Å². The van der Waals surface area contributed by atoms with E-state index in [9.17, 15) is 9.18 Å². The normalized spacial score (nSPS) is 10.9. The molecule has 0 aliphatic heterocycles. The molecule has 0 bridgehead atoms. The van der Waals surface area contributed by atoms with Crippen LogP contribution in [0.25, 0.3) is 11.4 Å². The number of aryl methyl sites for hydroxylation is 2. The highest BCUT2D eigenvalue weighted by Gasteiger charge is 2.13. The Hall–Kier alpha value is -3.08. The zero-order chi connectivity index (χ0) is 23.5. The van der Waals surface area contributed by atoms with Gasteiger partial charge in [-0.3, -0.25) is 0 Å². The number of aromatic nitrogens is 2. The maximum atomic E-state index is 14.4. The molecule has 1 aromatic heterocycles. The van der Waals surface area contributed by atoms with Crippen LogP contribution in [-0.4, -0.2) is 15.9 Å². The molecule has 3 aromatic rings. The number of esters is 1. The Morgan fingerprint density at radius 2 is 1.45 bits per heavy atom. The van der Waals surface area contributed by atoms with Gasteiger partial charge in [0.15, 0.2) is 17.4 Å². The van der Waals surface area contributed by atoms with Gasteiger partial charge in [-0.2, -0.15) is 0 Å². The van der Waals surface area contributed by atoms with E-state index in [2.05, 4.69) is 23.8 Å². The summed E-state index contributed by atoms with van der Waals surface area (Å²) in [5.41, 5.74) is 3.20. The van der Waals surface area contributed by atoms with Gasteiger partial charge in [-0.25, -0.2) is 19.2 Å². The van der Waals surface area contributed by atoms with Crippen molar-refractivity contribution in [1.29, 1.82) is 0 Å². The third kappa shape index (κ3) is 7.48. The number of benzene rings is 2. The van der Waals surface area contributed by atoms with Gasteiger partial charge in [0.1, 0.15) is 0 Å². The third-order valence-electron chi connectivity index (χ3n) is 5.67. The first-order chi connectivity index (χ1) is 16.1. The van der Waals surface area contributed by atoms with Crippen LogP contribution in [0.1, 0.15) is 80.3 Å². The van der Waals surface area contributed by atoms with Crippen molar-refractivity contribution in [2.45, 2.75) is 71.6 Å². The number of carbonyl (C=O) groups is 1. The summed E-state index contributed by atoms with van der Waals surface area (Å²) in [7, 11) is 0. The van der Waals surface area contributed by atoms with E-state index in [0.29, 0.717) is 11.4 Å². The number of hydrogen-bond acceptors (Lipinski definition) is 4. The Kier molecular flexibility index (Phi) is 9.55. The average molecular weight is 449 g/mol. The molecule has 174 valence electrons. The highest BCUT2D eigenvalue weighted by molar-refractivity contribution is 5.91. The van der Waals surface area contributed by atoms with Gasteiger partial charge >= 0.3 is 5.97 Å². The van der Waals surface area contributed by atoms with Crippen molar-refractivity contribution in [1.82, 2.24) is 9.97 Å². The molecular formula is C28H33FN2O2. The maximum Gasteiger partial charge on any atom is 0.343 e. The van der Waals surface area contributed by atoms with E-state index in [0.717, 1.165) is 48.8 Å². The van der Waals surface area contributed by atoms with E-state index in [1.807, 2.05) is 18.5 Å².